The number of hydrogen-bond donors (Lipinski definition) is 6. The third-order valence-electron chi connectivity index (χ3n) is 19.3. The van der Waals surface area contributed by atoms with Crippen LogP contribution in [0.3, 0.4) is 0 Å². The van der Waals surface area contributed by atoms with Gasteiger partial charge in [0.25, 0.3) is 0 Å². The number of aliphatic hydroxyl groups excluding tert-OH is 3. The zero-order valence-corrected chi connectivity index (χ0v) is 44.8. The fourth-order valence-corrected chi connectivity index (χ4v) is 14.8. The van der Waals surface area contributed by atoms with E-state index in [1.165, 1.54) is 6.92 Å². The Bertz CT molecular complexity index is 2100. The minimum absolute atomic E-state index is 0.00475. The van der Waals surface area contributed by atoms with Gasteiger partial charge in [0.15, 0.2) is 25.2 Å². The van der Waals surface area contributed by atoms with Gasteiger partial charge in [0, 0.05) is 52.9 Å². The summed E-state index contributed by atoms with van der Waals surface area (Å²) in [6.07, 6.45) is -6.84. The van der Waals surface area contributed by atoms with Crippen LogP contribution >= 0.6 is 0 Å². The molecular formula is C55H84O19. The molecule has 74 heavy (non-hydrogen) atoms. The van der Waals surface area contributed by atoms with Gasteiger partial charge in [-0.15, -0.1) is 0 Å². The molecule has 4 saturated heterocycles. The van der Waals surface area contributed by atoms with Crippen LogP contribution in [0.4, 0.5) is 0 Å². The first-order valence-electron chi connectivity index (χ1n) is 27.0. The van der Waals surface area contributed by atoms with Crippen LogP contribution in [0.1, 0.15) is 129 Å². The van der Waals surface area contributed by atoms with E-state index in [1.54, 1.807) is 65.5 Å². The molecule has 0 radical (unpaired) electrons. The van der Waals surface area contributed by atoms with Gasteiger partial charge >= 0.3 is 5.97 Å². The summed E-state index contributed by atoms with van der Waals surface area (Å²) in [6.45, 7) is 12.6. The Kier molecular flexibility index (Phi) is 16.6. The molecule has 1 aromatic rings. The van der Waals surface area contributed by atoms with Crippen molar-refractivity contribution in [1.82, 2.24) is 0 Å². The van der Waals surface area contributed by atoms with Crippen LogP contribution in [0, 0.1) is 16.7 Å². The van der Waals surface area contributed by atoms with Gasteiger partial charge in [-0.1, -0.05) is 43.7 Å². The number of carbonyl (C=O) groups is 1. The number of fused-ring (bicyclic) bond motifs is 5. The molecule has 6 N–H and O–H groups in total. The van der Waals surface area contributed by atoms with Crippen molar-refractivity contribution in [2.45, 2.75) is 253 Å². The predicted octanol–water partition coefficient (Wildman–Crippen LogP) is 3.97. The van der Waals surface area contributed by atoms with Gasteiger partial charge in [-0.2, -0.15) is 0 Å². The van der Waals surface area contributed by atoms with E-state index >= 15 is 0 Å². The second kappa shape index (κ2) is 21.8. The molecular weight excluding hydrogens is 965 g/mol. The number of benzene rings is 1. The third-order valence-corrected chi connectivity index (χ3v) is 19.3. The summed E-state index contributed by atoms with van der Waals surface area (Å²) in [5, 5.41) is 71.3. The molecule has 9 rings (SSSR count). The van der Waals surface area contributed by atoms with Crippen LogP contribution in [0.2, 0.25) is 0 Å². The van der Waals surface area contributed by atoms with E-state index in [0.717, 1.165) is 5.57 Å². The molecule has 19 nitrogen and oxygen atoms in total. The fourth-order valence-electron chi connectivity index (χ4n) is 14.8. The number of rotatable bonds is 14. The summed E-state index contributed by atoms with van der Waals surface area (Å²) >= 11 is 0. The average Bonchev–Trinajstić information content (AvgIpc) is 3.60. The second-order valence-corrected chi connectivity index (χ2v) is 23.2. The average molecular weight is 1050 g/mol. The summed E-state index contributed by atoms with van der Waals surface area (Å²) in [6, 6.07) is 8.56. The van der Waals surface area contributed by atoms with Crippen molar-refractivity contribution in [1.29, 1.82) is 0 Å². The zero-order chi connectivity index (χ0) is 53.3. The van der Waals surface area contributed by atoms with Gasteiger partial charge in [0.05, 0.1) is 72.0 Å². The number of ether oxygens (including phenoxy) is 12. The van der Waals surface area contributed by atoms with Crippen LogP contribution in [0.25, 0.3) is 0 Å². The Hall–Kier alpha value is -2.25. The molecule has 0 spiro atoms. The topological polar surface area (TPSA) is 249 Å². The number of hydrogen-bond acceptors (Lipinski definition) is 19. The van der Waals surface area contributed by atoms with E-state index in [-0.39, 0.29) is 44.3 Å². The first kappa shape index (κ1) is 56.5. The Morgan fingerprint density at radius 1 is 0.676 bits per heavy atom. The minimum atomic E-state index is -1.92. The van der Waals surface area contributed by atoms with Crippen molar-refractivity contribution >= 4 is 5.97 Å². The number of methoxy groups -OCH3 is 3. The molecule has 19 heteroatoms. The number of aliphatic hydroxyl groups is 6. The fraction of sp³-hybridized carbons (Fsp3) is 0.836. The maximum absolute atomic E-state index is 13.7. The summed E-state index contributed by atoms with van der Waals surface area (Å²) in [5.74, 6) is -1.18. The van der Waals surface area contributed by atoms with Crippen molar-refractivity contribution in [2.75, 3.05) is 21.3 Å². The Morgan fingerprint density at radius 3 is 1.76 bits per heavy atom. The van der Waals surface area contributed by atoms with E-state index in [9.17, 15) is 35.4 Å². The van der Waals surface area contributed by atoms with E-state index < -0.39 is 144 Å². The number of esters is 1. The van der Waals surface area contributed by atoms with Crippen LogP contribution < -0.4 is 0 Å². The molecule has 0 amide bonds. The van der Waals surface area contributed by atoms with Crippen molar-refractivity contribution < 1.29 is 92.3 Å². The first-order valence-corrected chi connectivity index (χ1v) is 27.0. The summed E-state index contributed by atoms with van der Waals surface area (Å²) < 4.78 is 74.8. The summed E-state index contributed by atoms with van der Waals surface area (Å²) in [4.78, 5) is 13.7. The highest BCUT2D eigenvalue weighted by molar-refractivity contribution is 5.89. The lowest BCUT2D eigenvalue weighted by atomic mass is 9.42. The second-order valence-electron chi connectivity index (χ2n) is 23.2. The molecule has 3 saturated carbocycles. The Balaban J connectivity index is 0.798. The standard InChI is InChI=1S/C55H84O19/c1-28-46(58)37(63-8)24-43(66-28)73-48-31(4)69-45(26-39(48)65-10)74-49-30(3)68-44(25-38(49)64-9)72-47-29(2)67-42(23-36(47)57)70-35-17-18-51(6)34(22-35)16-19-54(61)40(51)27-41(71-50(59)33-14-12-11-13-15-33)52(7)53(60,32(5)56)20-21-55(52,54)62/h11-16,28-32,35-49,56-58,60-62H,17-27H2,1-10H3. The van der Waals surface area contributed by atoms with Gasteiger partial charge in [-0.05, 0) is 97.1 Å². The van der Waals surface area contributed by atoms with Gasteiger partial charge in [0.1, 0.15) is 47.3 Å². The lowest BCUT2D eigenvalue weighted by Gasteiger charge is -2.67. The lowest BCUT2D eigenvalue weighted by molar-refractivity contribution is -0.346. The van der Waals surface area contributed by atoms with Gasteiger partial charge in [-0.25, -0.2) is 4.79 Å². The monoisotopic (exact) mass is 1050 g/mol. The van der Waals surface area contributed by atoms with Gasteiger partial charge in [-0.3, -0.25) is 0 Å². The third kappa shape index (κ3) is 9.76. The van der Waals surface area contributed by atoms with Crippen molar-refractivity contribution in [2.24, 2.45) is 16.7 Å². The van der Waals surface area contributed by atoms with E-state index in [2.05, 4.69) is 6.92 Å². The Labute approximate surface area is 435 Å². The molecule has 418 valence electrons. The molecule has 8 aliphatic rings. The normalized spacial score (nSPS) is 49.9. The van der Waals surface area contributed by atoms with Crippen LogP contribution in [-0.4, -0.2) is 191 Å². The highest BCUT2D eigenvalue weighted by atomic mass is 16.8. The molecule has 0 aromatic heterocycles. The summed E-state index contributed by atoms with van der Waals surface area (Å²) in [5.41, 5.74) is -6.34. The van der Waals surface area contributed by atoms with Crippen LogP contribution in [0.5, 0.6) is 0 Å². The van der Waals surface area contributed by atoms with E-state index in [4.69, 9.17) is 56.8 Å². The molecule has 4 aliphatic heterocycles. The molecule has 4 aliphatic carbocycles. The Morgan fingerprint density at radius 2 is 1.20 bits per heavy atom. The molecule has 4 heterocycles. The summed E-state index contributed by atoms with van der Waals surface area (Å²) in [7, 11) is 4.79. The largest absolute Gasteiger partial charge is 0.458 e. The number of carbonyl (C=O) groups excluding carboxylic acids is 1. The molecule has 0 bridgehead atoms. The SMILES string of the molecule is COC1CC(OC2C(C)OC(OC3C(C)OC(OC4C(O)CC(OC5CCC6(C)C(=CCC7(O)C6CC(OC(=O)c6ccccc6)C6(C)C(O)(C(C)O)CCC76O)C5)OC4C)CC3OC)CC2OC)OC(C)C1O. The van der Waals surface area contributed by atoms with E-state index in [1.807, 2.05) is 26.8 Å². The molecule has 25 atom stereocenters. The maximum atomic E-state index is 13.7. The minimum Gasteiger partial charge on any atom is -0.458 e. The highest BCUT2D eigenvalue weighted by Gasteiger charge is 2.81. The van der Waals surface area contributed by atoms with Gasteiger partial charge in [0.2, 0.25) is 0 Å². The van der Waals surface area contributed by atoms with Crippen LogP contribution in [0.15, 0.2) is 42.0 Å². The smallest absolute Gasteiger partial charge is 0.338 e. The van der Waals surface area contributed by atoms with Crippen molar-refractivity contribution in [3.63, 3.8) is 0 Å². The van der Waals surface area contributed by atoms with Gasteiger partial charge < -0.3 is 87.5 Å². The van der Waals surface area contributed by atoms with Crippen molar-refractivity contribution in [3.8, 4) is 0 Å². The van der Waals surface area contributed by atoms with Crippen LogP contribution in [-0.2, 0) is 56.8 Å². The zero-order valence-electron chi connectivity index (χ0n) is 44.8. The van der Waals surface area contributed by atoms with Crippen molar-refractivity contribution in [3.05, 3.63) is 47.5 Å². The molecule has 1 aromatic carbocycles. The molecule has 25 unspecified atom stereocenters. The highest BCUT2D eigenvalue weighted by Crippen LogP contribution is 2.71. The first-order chi connectivity index (χ1) is 35.0. The maximum Gasteiger partial charge on any atom is 0.338 e. The predicted molar refractivity (Wildman–Crippen MR) is 262 cm³/mol. The van der Waals surface area contributed by atoms with E-state index in [0.29, 0.717) is 44.1 Å². The quantitative estimate of drug-likeness (QED) is 0.114. The molecule has 7 fully saturated rings. The lowest BCUT2D eigenvalue weighted by Crippen LogP contribution is -2.78.